The van der Waals surface area contributed by atoms with Gasteiger partial charge in [0.15, 0.2) is 0 Å². The fourth-order valence-electron chi connectivity index (χ4n) is 2.72. The molecule has 2 rings (SSSR count). The lowest BCUT2D eigenvalue weighted by Crippen LogP contribution is -2.51. The van der Waals surface area contributed by atoms with Gasteiger partial charge in [0.05, 0.1) is 0 Å². The molecule has 1 saturated heterocycles. The minimum absolute atomic E-state index is 0.357. The largest absolute Gasteiger partial charge is 0.368 e. The third-order valence-corrected chi connectivity index (χ3v) is 4.28. The van der Waals surface area contributed by atoms with Gasteiger partial charge >= 0.3 is 0 Å². The van der Waals surface area contributed by atoms with Crippen molar-refractivity contribution in [3.05, 3.63) is 29.8 Å². The number of nitrogens with two attached hydrogens (primary N) is 1. The van der Waals surface area contributed by atoms with E-state index in [0.29, 0.717) is 18.0 Å². The molecular weight excluding hydrogens is 208 g/mol. The monoisotopic (exact) mass is 232 g/mol. The molecule has 0 bridgehead atoms. The van der Waals surface area contributed by atoms with Gasteiger partial charge in [-0.1, -0.05) is 26.0 Å². The molecule has 3 atom stereocenters. The fourth-order valence-corrected chi connectivity index (χ4v) is 2.72. The van der Waals surface area contributed by atoms with Gasteiger partial charge in [-0.05, 0) is 43.4 Å². The zero-order chi connectivity index (χ0) is 12.4. The Morgan fingerprint density at radius 1 is 1.35 bits per heavy atom. The first-order chi connectivity index (χ1) is 8.13. The molecule has 0 aliphatic carbocycles. The predicted octanol–water partition coefficient (Wildman–Crippen LogP) is 2.81. The van der Waals surface area contributed by atoms with E-state index in [1.165, 1.54) is 11.3 Å². The number of nitrogens with zero attached hydrogens (tertiary/aromatic N) is 1. The Hall–Kier alpha value is -1.02. The summed E-state index contributed by atoms with van der Waals surface area (Å²) in [5.41, 5.74) is 8.91. The molecule has 17 heavy (non-hydrogen) atoms. The van der Waals surface area contributed by atoms with Gasteiger partial charge in [-0.15, -0.1) is 0 Å². The van der Waals surface area contributed by atoms with Crippen molar-refractivity contribution in [1.82, 2.24) is 0 Å². The maximum atomic E-state index is 6.14. The third-order valence-electron chi connectivity index (χ3n) is 4.28. The molecule has 0 amide bonds. The van der Waals surface area contributed by atoms with E-state index in [-0.39, 0.29) is 0 Å². The van der Waals surface area contributed by atoms with Crippen LogP contribution in [-0.2, 0) is 6.42 Å². The molecule has 0 radical (unpaired) electrons. The van der Waals surface area contributed by atoms with Crippen LogP contribution < -0.4 is 10.6 Å². The second-order valence-electron chi connectivity index (χ2n) is 5.27. The first kappa shape index (κ1) is 12.4. The summed E-state index contributed by atoms with van der Waals surface area (Å²) in [6, 6.07) is 9.80. The zero-order valence-electron chi connectivity index (χ0n) is 11.2. The van der Waals surface area contributed by atoms with Crippen LogP contribution in [0.4, 0.5) is 5.69 Å². The first-order valence-corrected chi connectivity index (χ1v) is 6.74. The summed E-state index contributed by atoms with van der Waals surface area (Å²) in [6.45, 7) is 7.85. The Kier molecular flexibility index (Phi) is 3.72. The van der Waals surface area contributed by atoms with Crippen LogP contribution in [0.15, 0.2) is 24.3 Å². The standard InChI is InChI=1S/C15H24N2/c1-4-13-6-5-7-14(10-13)17-9-8-15(16)11(2)12(17)3/h5-7,10-12,15H,4,8-9,16H2,1-3H3. The lowest BCUT2D eigenvalue weighted by atomic mass is 9.87. The van der Waals surface area contributed by atoms with Crippen molar-refractivity contribution in [3.63, 3.8) is 0 Å². The van der Waals surface area contributed by atoms with E-state index in [0.717, 1.165) is 19.4 Å². The van der Waals surface area contributed by atoms with E-state index in [2.05, 4.69) is 49.9 Å². The van der Waals surface area contributed by atoms with Gasteiger partial charge in [0, 0.05) is 24.3 Å². The maximum Gasteiger partial charge on any atom is 0.0371 e. The van der Waals surface area contributed by atoms with E-state index < -0.39 is 0 Å². The lowest BCUT2D eigenvalue weighted by molar-refractivity contribution is 0.315. The quantitative estimate of drug-likeness (QED) is 0.849. The van der Waals surface area contributed by atoms with Crippen LogP contribution in [0, 0.1) is 5.92 Å². The number of aryl methyl sites for hydroxylation is 1. The summed E-state index contributed by atoms with van der Waals surface area (Å²) in [7, 11) is 0. The molecule has 2 heteroatoms. The number of piperidine rings is 1. The van der Waals surface area contributed by atoms with Crippen LogP contribution in [0.5, 0.6) is 0 Å². The van der Waals surface area contributed by atoms with Gasteiger partial charge in [-0.25, -0.2) is 0 Å². The molecule has 1 aliphatic rings. The van der Waals surface area contributed by atoms with E-state index >= 15 is 0 Å². The van der Waals surface area contributed by atoms with Gasteiger partial charge in [0.25, 0.3) is 0 Å². The normalized spacial score (nSPS) is 29.4. The van der Waals surface area contributed by atoms with Gasteiger partial charge in [0.2, 0.25) is 0 Å². The van der Waals surface area contributed by atoms with E-state index in [9.17, 15) is 0 Å². The van der Waals surface area contributed by atoms with Crippen LogP contribution in [0.3, 0.4) is 0 Å². The summed E-state index contributed by atoms with van der Waals surface area (Å²) in [5, 5.41) is 0. The Balaban J connectivity index is 2.21. The smallest absolute Gasteiger partial charge is 0.0371 e. The van der Waals surface area contributed by atoms with Crippen molar-refractivity contribution in [2.24, 2.45) is 11.7 Å². The summed E-state index contributed by atoms with van der Waals surface area (Å²) in [6.07, 6.45) is 2.20. The number of hydrogen-bond acceptors (Lipinski definition) is 2. The highest BCUT2D eigenvalue weighted by Gasteiger charge is 2.30. The Labute approximate surface area is 105 Å². The van der Waals surface area contributed by atoms with Gasteiger partial charge in [-0.2, -0.15) is 0 Å². The Morgan fingerprint density at radius 3 is 2.82 bits per heavy atom. The van der Waals surface area contributed by atoms with Crippen molar-refractivity contribution in [2.45, 2.75) is 45.7 Å². The van der Waals surface area contributed by atoms with Crippen molar-refractivity contribution >= 4 is 5.69 Å². The molecular formula is C15H24N2. The predicted molar refractivity (Wildman–Crippen MR) is 74.4 cm³/mol. The Bertz CT molecular complexity index is 375. The lowest BCUT2D eigenvalue weighted by Gasteiger charge is -2.43. The maximum absolute atomic E-state index is 6.14. The molecule has 1 aromatic carbocycles. The molecule has 94 valence electrons. The average Bonchev–Trinajstić information content (AvgIpc) is 2.36. The van der Waals surface area contributed by atoms with Crippen molar-refractivity contribution in [2.75, 3.05) is 11.4 Å². The van der Waals surface area contributed by atoms with Gasteiger partial charge < -0.3 is 10.6 Å². The molecule has 3 unspecified atom stereocenters. The minimum atomic E-state index is 0.357. The zero-order valence-corrected chi connectivity index (χ0v) is 11.2. The fraction of sp³-hybridized carbons (Fsp3) is 0.600. The highest BCUT2D eigenvalue weighted by molar-refractivity contribution is 5.50. The van der Waals surface area contributed by atoms with Crippen LogP contribution in [0.1, 0.15) is 32.8 Å². The molecule has 2 N–H and O–H groups in total. The van der Waals surface area contributed by atoms with Crippen LogP contribution in [-0.4, -0.2) is 18.6 Å². The van der Waals surface area contributed by atoms with E-state index in [1.807, 2.05) is 0 Å². The third kappa shape index (κ3) is 2.47. The van der Waals surface area contributed by atoms with Crippen molar-refractivity contribution in [1.29, 1.82) is 0 Å². The molecule has 0 saturated carbocycles. The highest BCUT2D eigenvalue weighted by atomic mass is 15.2. The van der Waals surface area contributed by atoms with E-state index in [4.69, 9.17) is 5.73 Å². The van der Waals surface area contributed by atoms with Crippen LogP contribution in [0.2, 0.25) is 0 Å². The molecule has 1 aromatic rings. The molecule has 1 aliphatic heterocycles. The second-order valence-corrected chi connectivity index (χ2v) is 5.27. The molecule has 1 fully saturated rings. The highest BCUT2D eigenvalue weighted by Crippen LogP contribution is 2.28. The van der Waals surface area contributed by atoms with Gasteiger partial charge in [0.1, 0.15) is 0 Å². The minimum Gasteiger partial charge on any atom is -0.368 e. The summed E-state index contributed by atoms with van der Waals surface area (Å²) in [4.78, 5) is 2.51. The van der Waals surface area contributed by atoms with E-state index in [1.54, 1.807) is 0 Å². The van der Waals surface area contributed by atoms with Crippen LogP contribution >= 0.6 is 0 Å². The topological polar surface area (TPSA) is 29.3 Å². The first-order valence-electron chi connectivity index (χ1n) is 6.74. The Morgan fingerprint density at radius 2 is 2.12 bits per heavy atom. The summed E-state index contributed by atoms with van der Waals surface area (Å²) >= 11 is 0. The number of rotatable bonds is 2. The number of benzene rings is 1. The van der Waals surface area contributed by atoms with Crippen molar-refractivity contribution < 1.29 is 0 Å². The number of anilines is 1. The summed E-state index contributed by atoms with van der Waals surface area (Å²) < 4.78 is 0. The van der Waals surface area contributed by atoms with Crippen LogP contribution in [0.25, 0.3) is 0 Å². The average molecular weight is 232 g/mol. The molecule has 0 aromatic heterocycles. The summed E-state index contributed by atoms with van der Waals surface area (Å²) in [5.74, 6) is 0.564. The molecule has 0 spiro atoms. The number of hydrogen-bond donors (Lipinski definition) is 1. The van der Waals surface area contributed by atoms with Gasteiger partial charge in [-0.3, -0.25) is 0 Å². The molecule has 2 nitrogen and oxygen atoms in total. The van der Waals surface area contributed by atoms with Crippen molar-refractivity contribution in [3.8, 4) is 0 Å². The SMILES string of the molecule is CCc1cccc(N2CCC(N)C(C)C2C)c1. The second kappa shape index (κ2) is 5.09. The molecule has 1 heterocycles.